The molecule has 0 spiro atoms. The molecule has 2 N–H and O–H groups in total. The van der Waals surface area contributed by atoms with Crippen LogP contribution in [0.25, 0.3) is 16.8 Å². The Morgan fingerprint density at radius 2 is 2.00 bits per heavy atom. The molecule has 5 nitrogen and oxygen atoms in total. The first-order valence-corrected chi connectivity index (χ1v) is 9.73. The van der Waals surface area contributed by atoms with Gasteiger partial charge in [0.15, 0.2) is 17.4 Å². The van der Waals surface area contributed by atoms with Crippen molar-refractivity contribution in [2.24, 2.45) is 0 Å². The summed E-state index contributed by atoms with van der Waals surface area (Å²) < 4.78 is 38.6. The number of benzene rings is 1. The van der Waals surface area contributed by atoms with Crippen LogP contribution in [0.4, 0.5) is 14.5 Å². The van der Waals surface area contributed by atoms with Gasteiger partial charge in [-0.15, -0.1) is 0 Å². The van der Waals surface area contributed by atoms with E-state index in [1.165, 1.54) is 19.3 Å². The van der Waals surface area contributed by atoms with Crippen molar-refractivity contribution in [3.63, 3.8) is 0 Å². The van der Waals surface area contributed by atoms with E-state index in [-0.39, 0.29) is 6.42 Å². The largest absolute Gasteiger partial charge is 0.491 e. The number of halogens is 3. The van der Waals surface area contributed by atoms with Crippen LogP contribution in [0.2, 0.25) is 5.02 Å². The van der Waals surface area contributed by atoms with E-state index in [9.17, 15) is 8.78 Å². The Labute approximate surface area is 178 Å². The van der Waals surface area contributed by atoms with E-state index >= 15 is 0 Å². The van der Waals surface area contributed by atoms with Crippen molar-refractivity contribution in [2.75, 3.05) is 26.6 Å². The van der Waals surface area contributed by atoms with Crippen LogP contribution in [0, 0.1) is 0 Å². The van der Waals surface area contributed by atoms with Gasteiger partial charge >= 0.3 is 0 Å². The number of nitrogens with two attached hydrogens (primary N) is 1. The highest BCUT2D eigenvalue weighted by molar-refractivity contribution is 6.33. The molecule has 1 aliphatic rings. The summed E-state index contributed by atoms with van der Waals surface area (Å²) in [6.45, 7) is 0.595. The SMILES string of the molecule is COCCCc1cnc(C2=CC(F)=C(OC)C(F)=CC2)c(-c2ccc(N)c(Cl)c2)n1. The van der Waals surface area contributed by atoms with Crippen LogP contribution in [0.1, 0.15) is 24.2 Å². The third-order valence-corrected chi connectivity index (χ3v) is 4.95. The predicted octanol–water partition coefficient (Wildman–Crippen LogP) is 5.43. The van der Waals surface area contributed by atoms with E-state index in [1.807, 2.05) is 0 Å². The molecule has 0 radical (unpaired) electrons. The zero-order chi connectivity index (χ0) is 21.7. The van der Waals surface area contributed by atoms with Gasteiger partial charge in [0.05, 0.1) is 34.9 Å². The Bertz CT molecular complexity index is 1040. The smallest absolute Gasteiger partial charge is 0.190 e. The van der Waals surface area contributed by atoms with Crippen LogP contribution >= 0.6 is 11.6 Å². The standard InChI is InChI=1S/C22H22ClF2N3O2/c1-29-9-3-4-15-12-27-20(14-5-7-17(24)22(30-2)18(25)11-14)21(28-15)13-6-8-19(26)16(23)10-13/h6-8,10-12H,3-5,9,26H2,1-2H3. The fourth-order valence-electron chi connectivity index (χ4n) is 3.10. The number of allylic oxidation sites excluding steroid dienone is 5. The number of aromatic nitrogens is 2. The van der Waals surface area contributed by atoms with Gasteiger partial charge in [0, 0.05) is 25.5 Å². The number of hydrogen-bond donors (Lipinski definition) is 1. The number of ether oxygens (including phenoxy) is 2. The van der Waals surface area contributed by atoms with E-state index in [0.29, 0.717) is 46.3 Å². The van der Waals surface area contributed by atoms with E-state index in [4.69, 9.17) is 31.8 Å². The highest BCUT2D eigenvalue weighted by Crippen LogP contribution is 2.35. The predicted molar refractivity (Wildman–Crippen MR) is 114 cm³/mol. The maximum Gasteiger partial charge on any atom is 0.190 e. The second kappa shape index (κ2) is 9.82. The lowest BCUT2D eigenvalue weighted by Crippen LogP contribution is -2.03. The van der Waals surface area contributed by atoms with E-state index in [0.717, 1.165) is 12.1 Å². The number of hydrogen-bond acceptors (Lipinski definition) is 5. The number of methoxy groups -OCH3 is 2. The van der Waals surface area contributed by atoms with Crippen LogP contribution in [-0.4, -0.2) is 30.8 Å². The molecule has 0 saturated carbocycles. The van der Waals surface area contributed by atoms with Gasteiger partial charge in [0.1, 0.15) is 0 Å². The maximum absolute atomic E-state index is 14.5. The van der Waals surface area contributed by atoms with Crippen LogP contribution < -0.4 is 5.73 Å². The van der Waals surface area contributed by atoms with Gasteiger partial charge in [-0.25, -0.2) is 13.8 Å². The summed E-state index contributed by atoms with van der Waals surface area (Å²) in [7, 11) is 2.86. The van der Waals surface area contributed by atoms with E-state index < -0.39 is 17.4 Å². The molecule has 0 bridgehead atoms. The van der Waals surface area contributed by atoms with Gasteiger partial charge in [0.2, 0.25) is 0 Å². The maximum atomic E-state index is 14.5. The Balaban J connectivity index is 2.11. The van der Waals surface area contributed by atoms with Crippen LogP contribution in [0.5, 0.6) is 0 Å². The van der Waals surface area contributed by atoms with Gasteiger partial charge in [0.25, 0.3) is 0 Å². The van der Waals surface area contributed by atoms with Gasteiger partial charge in [-0.3, -0.25) is 4.98 Å². The Kier molecular flexibility index (Phi) is 7.18. The molecule has 2 aromatic rings. The molecule has 1 heterocycles. The second-order valence-electron chi connectivity index (χ2n) is 6.70. The van der Waals surface area contributed by atoms with Gasteiger partial charge in [-0.1, -0.05) is 17.7 Å². The molecule has 158 valence electrons. The van der Waals surface area contributed by atoms with Crippen molar-refractivity contribution in [1.82, 2.24) is 9.97 Å². The summed E-state index contributed by atoms with van der Waals surface area (Å²) in [5, 5.41) is 0.374. The number of aryl methyl sites for hydroxylation is 1. The summed E-state index contributed by atoms with van der Waals surface area (Å²) >= 11 is 6.20. The number of nitrogens with zero attached hydrogens (tertiary/aromatic N) is 2. The quantitative estimate of drug-likeness (QED) is 0.466. The molecule has 30 heavy (non-hydrogen) atoms. The summed E-state index contributed by atoms with van der Waals surface area (Å²) in [4.78, 5) is 9.27. The van der Waals surface area contributed by atoms with E-state index in [1.54, 1.807) is 31.5 Å². The molecule has 0 atom stereocenters. The zero-order valence-corrected chi connectivity index (χ0v) is 17.5. The lowest BCUT2D eigenvalue weighted by Gasteiger charge is -2.13. The van der Waals surface area contributed by atoms with Crippen molar-refractivity contribution in [3.8, 4) is 11.3 Å². The average Bonchev–Trinajstić information content (AvgIpc) is 2.87. The van der Waals surface area contributed by atoms with Crippen LogP contribution in [-0.2, 0) is 15.9 Å². The molecule has 0 saturated heterocycles. The molecule has 1 aromatic heterocycles. The van der Waals surface area contributed by atoms with Crippen molar-refractivity contribution < 1.29 is 18.3 Å². The lowest BCUT2D eigenvalue weighted by molar-refractivity contribution is 0.195. The van der Waals surface area contributed by atoms with Gasteiger partial charge < -0.3 is 15.2 Å². The summed E-state index contributed by atoms with van der Waals surface area (Å²) in [5.74, 6) is -2.01. The molecule has 0 aliphatic heterocycles. The third kappa shape index (κ3) is 4.86. The van der Waals surface area contributed by atoms with Gasteiger partial charge in [-0.2, -0.15) is 0 Å². The molecule has 8 heteroatoms. The monoisotopic (exact) mass is 433 g/mol. The molecule has 0 unspecified atom stereocenters. The van der Waals surface area contributed by atoms with Gasteiger partial charge in [-0.05, 0) is 49.1 Å². The average molecular weight is 434 g/mol. The Morgan fingerprint density at radius 1 is 1.20 bits per heavy atom. The molecule has 1 aromatic carbocycles. The first kappa shape index (κ1) is 21.9. The van der Waals surface area contributed by atoms with Crippen molar-refractivity contribution in [3.05, 3.63) is 70.4 Å². The minimum atomic E-state index is -0.814. The fraction of sp³-hybridized carbons (Fsp3) is 0.273. The Hall–Kier alpha value is -2.77. The second-order valence-corrected chi connectivity index (χ2v) is 7.11. The highest BCUT2D eigenvalue weighted by Gasteiger charge is 2.20. The van der Waals surface area contributed by atoms with Crippen LogP contribution in [0.3, 0.4) is 0 Å². The lowest BCUT2D eigenvalue weighted by atomic mass is 10.0. The summed E-state index contributed by atoms with van der Waals surface area (Å²) in [6.07, 6.45) is 5.67. The minimum absolute atomic E-state index is 0.125. The molecule has 1 aliphatic carbocycles. The number of nitrogen functional groups attached to an aromatic ring is 1. The fourth-order valence-corrected chi connectivity index (χ4v) is 3.28. The number of anilines is 1. The zero-order valence-electron chi connectivity index (χ0n) is 16.7. The highest BCUT2D eigenvalue weighted by atomic mass is 35.5. The van der Waals surface area contributed by atoms with Crippen molar-refractivity contribution in [2.45, 2.75) is 19.3 Å². The number of rotatable bonds is 7. The van der Waals surface area contributed by atoms with Crippen molar-refractivity contribution in [1.29, 1.82) is 0 Å². The molecule has 3 rings (SSSR count). The van der Waals surface area contributed by atoms with E-state index in [2.05, 4.69) is 4.98 Å². The topological polar surface area (TPSA) is 70.3 Å². The first-order chi connectivity index (χ1) is 14.4. The normalized spacial score (nSPS) is 14.3. The minimum Gasteiger partial charge on any atom is -0.491 e. The first-order valence-electron chi connectivity index (χ1n) is 9.35. The van der Waals surface area contributed by atoms with Crippen LogP contribution in [0.15, 0.2) is 54.0 Å². The van der Waals surface area contributed by atoms with Crippen molar-refractivity contribution >= 4 is 22.9 Å². The summed E-state index contributed by atoms with van der Waals surface area (Å²) in [6, 6.07) is 5.13. The third-order valence-electron chi connectivity index (χ3n) is 4.62. The molecular weight excluding hydrogens is 412 g/mol. The Morgan fingerprint density at radius 3 is 2.70 bits per heavy atom. The molecule has 0 amide bonds. The summed E-state index contributed by atoms with van der Waals surface area (Å²) in [5.41, 5.74) is 9.11. The molecule has 0 fully saturated rings. The molecular formula is C22H22ClF2N3O2.